The number of aryl methyl sites for hydroxylation is 2. The Bertz CT molecular complexity index is 648. The van der Waals surface area contributed by atoms with Crippen LogP contribution in [-0.4, -0.2) is 20.2 Å². The van der Waals surface area contributed by atoms with Crippen LogP contribution in [0.4, 0.5) is 0 Å². The Morgan fingerprint density at radius 1 is 1.37 bits per heavy atom. The fraction of sp³-hybridized carbons (Fsp3) is 0.385. The molecule has 0 saturated carbocycles. The van der Waals surface area contributed by atoms with Crippen LogP contribution in [0.1, 0.15) is 35.2 Å². The summed E-state index contributed by atoms with van der Waals surface area (Å²) in [6.07, 6.45) is 4.32. The number of aromatic nitrogens is 2. The lowest BCUT2D eigenvalue weighted by Crippen LogP contribution is -2.24. The summed E-state index contributed by atoms with van der Waals surface area (Å²) in [5.41, 5.74) is 0.605. The first-order valence-corrected chi connectivity index (χ1v) is 6.11. The van der Waals surface area contributed by atoms with Crippen molar-refractivity contribution in [2.45, 2.75) is 33.4 Å². The summed E-state index contributed by atoms with van der Waals surface area (Å²) in [6, 6.07) is 1.46. The number of aromatic carboxylic acids is 1. The molecule has 0 aliphatic rings. The van der Waals surface area contributed by atoms with Crippen LogP contribution < -0.4 is 5.69 Å². The van der Waals surface area contributed by atoms with Crippen molar-refractivity contribution < 1.29 is 14.3 Å². The normalized spacial score (nSPS) is 10.8. The van der Waals surface area contributed by atoms with Gasteiger partial charge in [-0.05, 0) is 19.4 Å². The Hall–Kier alpha value is -2.24. The van der Waals surface area contributed by atoms with E-state index < -0.39 is 5.97 Å². The first-order chi connectivity index (χ1) is 9.02. The molecule has 0 aliphatic carbocycles. The zero-order valence-corrected chi connectivity index (χ0v) is 10.9. The number of carboxylic acids is 1. The highest BCUT2D eigenvalue weighted by atomic mass is 16.4. The Morgan fingerprint density at radius 3 is 2.63 bits per heavy atom. The molecule has 2 aromatic heterocycles. The van der Waals surface area contributed by atoms with Crippen LogP contribution >= 0.6 is 0 Å². The van der Waals surface area contributed by atoms with E-state index in [0.29, 0.717) is 24.4 Å². The Kier molecular flexibility index (Phi) is 3.59. The average Bonchev–Trinajstić information content (AvgIpc) is 2.88. The van der Waals surface area contributed by atoms with Crippen molar-refractivity contribution in [2.24, 2.45) is 0 Å². The third-order valence-corrected chi connectivity index (χ3v) is 2.95. The third kappa shape index (κ3) is 2.62. The van der Waals surface area contributed by atoms with E-state index in [9.17, 15) is 9.59 Å². The molecular weight excluding hydrogens is 248 g/mol. The molecule has 0 atom stereocenters. The third-order valence-electron chi connectivity index (χ3n) is 2.95. The van der Waals surface area contributed by atoms with Gasteiger partial charge in [-0.15, -0.1) is 0 Å². The van der Waals surface area contributed by atoms with Gasteiger partial charge >= 0.3 is 11.7 Å². The lowest BCUT2D eigenvalue weighted by molar-refractivity contribution is 0.0661. The summed E-state index contributed by atoms with van der Waals surface area (Å²) >= 11 is 0. The quantitative estimate of drug-likeness (QED) is 0.891. The standard InChI is InChI=1S/C13H16N2O4/c1-3-4-14-5-6-15(13(14)18)8-10-7-11(12(16)17)19-9(10)2/h5-7H,3-4,8H2,1-2H3,(H,16,17). The maximum absolute atomic E-state index is 12.0. The van der Waals surface area contributed by atoms with Crippen molar-refractivity contribution in [2.75, 3.05) is 0 Å². The van der Waals surface area contributed by atoms with E-state index >= 15 is 0 Å². The SMILES string of the molecule is CCCn1ccn(Cc2cc(C(=O)O)oc2C)c1=O. The van der Waals surface area contributed by atoms with Gasteiger partial charge in [0.25, 0.3) is 0 Å². The average molecular weight is 264 g/mol. The van der Waals surface area contributed by atoms with Crippen molar-refractivity contribution in [1.29, 1.82) is 0 Å². The van der Waals surface area contributed by atoms with Crippen LogP contribution in [-0.2, 0) is 13.1 Å². The van der Waals surface area contributed by atoms with Gasteiger partial charge in [0.05, 0.1) is 6.54 Å². The Balaban J connectivity index is 2.26. The molecule has 0 bridgehead atoms. The van der Waals surface area contributed by atoms with Crippen molar-refractivity contribution in [3.05, 3.63) is 46.0 Å². The van der Waals surface area contributed by atoms with Gasteiger partial charge in [-0.3, -0.25) is 9.13 Å². The molecule has 6 heteroatoms. The molecule has 2 heterocycles. The van der Waals surface area contributed by atoms with Crippen molar-refractivity contribution in [3.8, 4) is 0 Å². The minimum atomic E-state index is -1.11. The lowest BCUT2D eigenvalue weighted by Gasteiger charge is -2.00. The van der Waals surface area contributed by atoms with Gasteiger partial charge in [-0.25, -0.2) is 9.59 Å². The van der Waals surface area contributed by atoms with Crippen LogP contribution in [0.15, 0.2) is 27.7 Å². The van der Waals surface area contributed by atoms with Crippen LogP contribution in [0.2, 0.25) is 0 Å². The first kappa shape index (κ1) is 13.2. The molecule has 6 nitrogen and oxygen atoms in total. The predicted octanol–water partition coefficient (Wildman–Crippen LogP) is 1.71. The van der Waals surface area contributed by atoms with Gasteiger partial charge in [0.15, 0.2) is 0 Å². The largest absolute Gasteiger partial charge is 0.475 e. The highest BCUT2D eigenvalue weighted by Crippen LogP contribution is 2.15. The molecule has 0 spiro atoms. The van der Waals surface area contributed by atoms with Crippen LogP contribution in [0.3, 0.4) is 0 Å². The minimum Gasteiger partial charge on any atom is -0.475 e. The Labute approximate surface area is 109 Å². The topological polar surface area (TPSA) is 77.4 Å². The number of carbonyl (C=O) groups is 1. The first-order valence-electron chi connectivity index (χ1n) is 6.11. The molecule has 0 aromatic carbocycles. The van der Waals surface area contributed by atoms with Crippen molar-refractivity contribution in [1.82, 2.24) is 9.13 Å². The predicted molar refractivity (Wildman–Crippen MR) is 68.5 cm³/mol. The summed E-state index contributed by atoms with van der Waals surface area (Å²) in [5.74, 6) is -0.689. The fourth-order valence-corrected chi connectivity index (χ4v) is 1.95. The van der Waals surface area contributed by atoms with Gasteiger partial charge in [0.1, 0.15) is 5.76 Å². The molecule has 2 aromatic rings. The summed E-state index contributed by atoms with van der Waals surface area (Å²) in [4.78, 5) is 22.8. The molecule has 0 aliphatic heterocycles. The zero-order chi connectivity index (χ0) is 14.0. The highest BCUT2D eigenvalue weighted by Gasteiger charge is 2.14. The van der Waals surface area contributed by atoms with Gasteiger partial charge in [0, 0.05) is 24.5 Å². The zero-order valence-electron chi connectivity index (χ0n) is 10.9. The fourth-order valence-electron chi connectivity index (χ4n) is 1.95. The van der Waals surface area contributed by atoms with E-state index in [1.807, 2.05) is 6.92 Å². The van der Waals surface area contributed by atoms with Gasteiger partial charge in [-0.1, -0.05) is 6.92 Å². The number of rotatable bonds is 5. The molecule has 19 heavy (non-hydrogen) atoms. The highest BCUT2D eigenvalue weighted by molar-refractivity contribution is 5.84. The molecule has 2 rings (SSSR count). The summed E-state index contributed by atoms with van der Waals surface area (Å²) in [6.45, 7) is 4.69. The second kappa shape index (κ2) is 5.17. The van der Waals surface area contributed by atoms with Gasteiger partial charge in [-0.2, -0.15) is 0 Å². The number of imidazole rings is 1. The second-order valence-electron chi connectivity index (χ2n) is 4.40. The van der Waals surface area contributed by atoms with E-state index in [2.05, 4.69) is 0 Å². The molecule has 1 N–H and O–H groups in total. The summed E-state index contributed by atoms with van der Waals surface area (Å²) in [5, 5.41) is 8.85. The van der Waals surface area contributed by atoms with Gasteiger partial charge < -0.3 is 9.52 Å². The summed E-state index contributed by atoms with van der Waals surface area (Å²) in [7, 11) is 0. The van der Waals surface area contributed by atoms with E-state index in [0.717, 1.165) is 6.42 Å². The Morgan fingerprint density at radius 2 is 2.05 bits per heavy atom. The minimum absolute atomic E-state index is 0.0978. The van der Waals surface area contributed by atoms with E-state index in [-0.39, 0.29) is 11.4 Å². The smallest absolute Gasteiger partial charge is 0.371 e. The number of hydrogen-bond donors (Lipinski definition) is 1. The number of furan rings is 1. The van der Waals surface area contributed by atoms with Gasteiger partial charge in [0.2, 0.25) is 5.76 Å². The number of nitrogens with zero attached hydrogens (tertiary/aromatic N) is 2. The monoisotopic (exact) mass is 264 g/mol. The molecule has 0 radical (unpaired) electrons. The molecule has 0 saturated heterocycles. The molecule has 102 valence electrons. The second-order valence-corrected chi connectivity index (χ2v) is 4.40. The van der Waals surface area contributed by atoms with Crippen LogP contribution in [0.25, 0.3) is 0 Å². The lowest BCUT2D eigenvalue weighted by atomic mass is 10.2. The molecule has 0 unspecified atom stereocenters. The van der Waals surface area contributed by atoms with Crippen LogP contribution in [0, 0.1) is 6.92 Å². The molecular formula is C13H16N2O4. The maximum atomic E-state index is 12.0. The van der Waals surface area contributed by atoms with Crippen molar-refractivity contribution in [3.63, 3.8) is 0 Å². The maximum Gasteiger partial charge on any atom is 0.371 e. The van der Waals surface area contributed by atoms with E-state index in [1.165, 1.54) is 6.07 Å². The van der Waals surface area contributed by atoms with Crippen molar-refractivity contribution >= 4 is 5.97 Å². The molecule has 0 fully saturated rings. The summed E-state index contributed by atoms with van der Waals surface area (Å²) < 4.78 is 8.29. The molecule has 0 amide bonds. The van der Waals surface area contributed by atoms with E-state index in [1.54, 1.807) is 28.5 Å². The number of hydrogen-bond acceptors (Lipinski definition) is 3. The number of carboxylic acid groups (broad SMARTS) is 1. The van der Waals surface area contributed by atoms with E-state index in [4.69, 9.17) is 9.52 Å². The van der Waals surface area contributed by atoms with Crippen LogP contribution in [0.5, 0.6) is 0 Å².